The van der Waals surface area contributed by atoms with E-state index in [4.69, 9.17) is 10.5 Å². The number of pyridine rings is 1. The third-order valence-electron chi connectivity index (χ3n) is 5.11. The first-order chi connectivity index (χ1) is 16.8. The van der Waals surface area contributed by atoms with Gasteiger partial charge in [-0.25, -0.2) is 14.8 Å². The fraction of sp³-hybridized carbons (Fsp3) is 0.417. The number of rotatable bonds is 2. The summed E-state index contributed by atoms with van der Waals surface area (Å²) in [6, 6.07) is 5.95. The van der Waals surface area contributed by atoms with E-state index in [0.29, 0.717) is 0 Å². The van der Waals surface area contributed by atoms with Crippen LogP contribution in [0.3, 0.4) is 0 Å². The highest BCUT2D eigenvalue weighted by atomic mass is 19.4. The van der Waals surface area contributed by atoms with Crippen LogP contribution in [0.1, 0.15) is 45.6 Å². The van der Waals surface area contributed by atoms with Gasteiger partial charge in [0.2, 0.25) is 0 Å². The molecule has 4 N–H and O–H groups in total. The van der Waals surface area contributed by atoms with E-state index in [1.54, 1.807) is 4.90 Å². The number of carbonyl (C=O) groups excluding carboxylic acids is 1. The number of halogens is 3. The summed E-state index contributed by atoms with van der Waals surface area (Å²) in [5, 5.41) is 2.80. The molecule has 0 aliphatic carbocycles. The van der Waals surface area contributed by atoms with Gasteiger partial charge in [-0.1, -0.05) is 6.07 Å². The molecule has 12 heteroatoms. The van der Waals surface area contributed by atoms with Crippen molar-refractivity contribution < 1.29 is 22.7 Å². The molecule has 0 unspecified atom stereocenters. The lowest BCUT2D eigenvalue weighted by atomic mass is 10.1. The third kappa shape index (κ3) is 7.33. The van der Waals surface area contributed by atoms with Gasteiger partial charge in [-0.2, -0.15) is 13.2 Å². The largest absolute Gasteiger partial charge is 0.444 e. The average Bonchev–Trinajstić information content (AvgIpc) is 2.78. The molecular weight excluding hydrogens is 477 g/mol. The lowest BCUT2D eigenvalue weighted by Crippen LogP contribution is -2.39. The smallest absolute Gasteiger partial charge is 0.416 e. The number of nitrogens with one attached hydrogen (secondary N) is 2. The van der Waals surface area contributed by atoms with Crippen molar-refractivity contribution in [3.8, 4) is 0 Å². The average molecular weight is 507 g/mol. The number of hydrogen-bond donors (Lipinski definition) is 3. The Hall–Kier alpha value is -3.83. The number of H-pyrrole nitrogens is 1. The maximum absolute atomic E-state index is 12.8. The molecule has 1 saturated heterocycles. The van der Waals surface area contributed by atoms with Gasteiger partial charge in [-0.05, 0) is 58.2 Å². The Labute approximate surface area is 205 Å². The Bertz CT molecular complexity index is 1260. The molecule has 3 aromatic rings. The molecule has 9 nitrogen and oxygen atoms in total. The summed E-state index contributed by atoms with van der Waals surface area (Å²) in [6.07, 6.45) is 0.0323. The Morgan fingerprint density at radius 2 is 1.83 bits per heavy atom. The summed E-state index contributed by atoms with van der Waals surface area (Å²) >= 11 is 0. The van der Waals surface area contributed by atoms with Gasteiger partial charge in [-0.3, -0.25) is 4.79 Å². The molecular formula is C24H29F3N6O3. The van der Waals surface area contributed by atoms with E-state index < -0.39 is 17.3 Å². The highest BCUT2D eigenvalue weighted by Crippen LogP contribution is 2.32. The van der Waals surface area contributed by atoms with Crippen LogP contribution in [0.4, 0.5) is 35.3 Å². The van der Waals surface area contributed by atoms with Crippen LogP contribution in [0.2, 0.25) is 0 Å². The molecule has 0 saturated carbocycles. The highest BCUT2D eigenvalue weighted by molar-refractivity contribution is 5.91. The molecule has 0 bridgehead atoms. The molecule has 36 heavy (non-hydrogen) atoms. The van der Waals surface area contributed by atoms with Gasteiger partial charge in [0.15, 0.2) is 0 Å². The minimum Gasteiger partial charge on any atom is -0.444 e. The first-order valence-corrected chi connectivity index (χ1v) is 11.4. The SMILES string of the molecule is CC(C)(C)OC(=O)N1CCCCC1.Nc1cc2nc[nH]c(=O)c2c(Nc2cccc(C(F)(F)F)c2)n1. The number of fused-ring (bicyclic) bond motifs is 1. The normalized spacial score (nSPS) is 14.1. The summed E-state index contributed by atoms with van der Waals surface area (Å²) in [7, 11) is 0. The molecule has 1 aliphatic heterocycles. The predicted octanol–water partition coefficient (Wildman–Crippen LogP) is 5.07. The number of nitrogen functional groups attached to an aromatic ring is 1. The fourth-order valence-electron chi connectivity index (χ4n) is 3.51. The zero-order valence-electron chi connectivity index (χ0n) is 20.3. The van der Waals surface area contributed by atoms with Gasteiger partial charge in [0, 0.05) is 24.8 Å². The van der Waals surface area contributed by atoms with Gasteiger partial charge < -0.3 is 25.7 Å². The van der Waals surface area contributed by atoms with Crippen molar-refractivity contribution >= 4 is 34.3 Å². The summed E-state index contributed by atoms with van der Waals surface area (Å²) in [4.78, 5) is 35.6. The lowest BCUT2D eigenvalue weighted by Gasteiger charge is -2.29. The van der Waals surface area contributed by atoms with Gasteiger partial charge in [0.1, 0.15) is 22.6 Å². The predicted molar refractivity (Wildman–Crippen MR) is 131 cm³/mol. The maximum Gasteiger partial charge on any atom is 0.416 e. The summed E-state index contributed by atoms with van der Waals surface area (Å²) < 4.78 is 43.5. The molecule has 0 radical (unpaired) electrons. The van der Waals surface area contributed by atoms with Gasteiger partial charge in [-0.15, -0.1) is 0 Å². The lowest BCUT2D eigenvalue weighted by molar-refractivity contribution is -0.137. The Kier molecular flexibility index (Phi) is 8.06. The molecule has 4 rings (SSSR count). The molecule has 1 aromatic carbocycles. The topological polar surface area (TPSA) is 126 Å². The molecule has 1 amide bonds. The van der Waals surface area contributed by atoms with E-state index in [9.17, 15) is 22.8 Å². The van der Waals surface area contributed by atoms with Crippen LogP contribution in [0.5, 0.6) is 0 Å². The van der Waals surface area contributed by atoms with Gasteiger partial charge >= 0.3 is 12.3 Å². The molecule has 1 aliphatic rings. The first kappa shape index (κ1) is 26.8. The summed E-state index contributed by atoms with van der Waals surface area (Å²) in [5.41, 5.74) is 4.40. The second kappa shape index (κ2) is 10.8. The number of benzene rings is 1. The number of anilines is 3. The minimum atomic E-state index is -4.47. The number of aromatic amines is 1. The van der Waals surface area contributed by atoms with E-state index in [1.807, 2.05) is 20.8 Å². The number of amides is 1. The zero-order valence-corrected chi connectivity index (χ0v) is 20.3. The molecule has 1 fully saturated rings. The monoisotopic (exact) mass is 506 g/mol. The van der Waals surface area contributed by atoms with E-state index >= 15 is 0 Å². The van der Waals surface area contributed by atoms with E-state index in [0.717, 1.165) is 38.1 Å². The zero-order chi connectivity index (χ0) is 26.5. The van der Waals surface area contributed by atoms with Gasteiger partial charge in [0.05, 0.1) is 17.4 Å². The first-order valence-electron chi connectivity index (χ1n) is 11.4. The molecule has 194 valence electrons. The second-order valence-corrected chi connectivity index (χ2v) is 9.25. The van der Waals surface area contributed by atoms with Crippen molar-refractivity contribution in [2.24, 2.45) is 0 Å². The van der Waals surface area contributed by atoms with E-state index in [-0.39, 0.29) is 39.9 Å². The quantitative estimate of drug-likeness (QED) is 0.443. The molecule has 3 heterocycles. The third-order valence-corrected chi connectivity index (χ3v) is 5.11. The molecule has 2 aromatic heterocycles. The van der Waals surface area contributed by atoms with Crippen molar-refractivity contribution in [2.75, 3.05) is 24.1 Å². The van der Waals surface area contributed by atoms with Crippen molar-refractivity contribution in [3.63, 3.8) is 0 Å². The number of alkyl halides is 3. The standard InChI is InChI=1S/C14H10F3N5O.C10H19NO2/c15-14(16,17)7-2-1-3-8(4-7)21-12-11-9(5-10(18)22-12)19-6-20-13(11)23;1-10(2,3)13-9(12)11-7-5-4-6-8-11/h1-6H,(H3,18,21,22)(H,19,20,23);4-8H2,1-3H3. The number of piperidine rings is 1. The fourth-order valence-corrected chi connectivity index (χ4v) is 3.51. The van der Waals surface area contributed by atoms with Crippen molar-refractivity contribution in [3.05, 3.63) is 52.6 Å². The number of carbonyl (C=O) groups is 1. The van der Waals surface area contributed by atoms with Crippen molar-refractivity contribution in [2.45, 2.75) is 51.8 Å². The molecule has 0 atom stereocenters. The van der Waals surface area contributed by atoms with E-state index in [2.05, 4.69) is 20.3 Å². The Morgan fingerprint density at radius 1 is 1.14 bits per heavy atom. The van der Waals surface area contributed by atoms with Crippen molar-refractivity contribution in [1.29, 1.82) is 0 Å². The van der Waals surface area contributed by atoms with Crippen LogP contribution in [0.15, 0.2) is 41.5 Å². The van der Waals surface area contributed by atoms with Crippen LogP contribution in [0, 0.1) is 0 Å². The van der Waals surface area contributed by atoms with Crippen LogP contribution in [-0.2, 0) is 10.9 Å². The summed E-state index contributed by atoms with van der Waals surface area (Å²) in [6.45, 7) is 7.41. The maximum atomic E-state index is 12.8. The van der Waals surface area contributed by atoms with Crippen LogP contribution >= 0.6 is 0 Å². The van der Waals surface area contributed by atoms with Crippen LogP contribution in [-0.4, -0.2) is 44.6 Å². The van der Waals surface area contributed by atoms with Crippen LogP contribution < -0.4 is 16.6 Å². The Morgan fingerprint density at radius 3 is 2.47 bits per heavy atom. The summed E-state index contributed by atoms with van der Waals surface area (Å²) in [5.74, 6) is 0.124. The number of aromatic nitrogens is 3. The highest BCUT2D eigenvalue weighted by Gasteiger charge is 2.30. The van der Waals surface area contributed by atoms with Crippen LogP contribution in [0.25, 0.3) is 10.9 Å². The van der Waals surface area contributed by atoms with E-state index in [1.165, 1.54) is 30.9 Å². The number of hydrogen-bond acceptors (Lipinski definition) is 7. The number of likely N-dealkylation sites (tertiary alicyclic amines) is 1. The second-order valence-electron chi connectivity index (χ2n) is 9.25. The number of nitrogens with two attached hydrogens (primary N) is 1. The molecule has 0 spiro atoms. The van der Waals surface area contributed by atoms with Crippen molar-refractivity contribution in [1.82, 2.24) is 19.9 Å². The Balaban J connectivity index is 0.000000236. The van der Waals surface area contributed by atoms with Gasteiger partial charge in [0.25, 0.3) is 5.56 Å². The minimum absolute atomic E-state index is 0.0358. The number of nitrogens with zero attached hydrogens (tertiary/aromatic N) is 3. The number of ether oxygens (including phenoxy) is 1.